The lowest BCUT2D eigenvalue weighted by molar-refractivity contribution is -0.0943. The van der Waals surface area contributed by atoms with Crippen molar-refractivity contribution in [1.82, 2.24) is 10.5 Å². The lowest BCUT2D eigenvalue weighted by Crippen LogP contribution is -2.28. The molecule has 0 saturated carbocycles. The van der Waals surface area contributed by atoms with Gasteiger partial charge in [-0.1, -0.05) is 13.3 Å². The zero-order valence-electron chi connectivity index (χ0n) is 6.38. The summed E-state index contributed by atoms with van der Waals surface area (Å²) >= 11 is 0. The summed E-state index contributed by atoms with van der Waals surface area (Å²) in [4.78, 5) is 0. The van der Waals surface area contributed by atoms with Gasteiger partial charge in [-0.2, -0.15) is 5.06 Å². The highest BCUT2D eigenvalue weighted by Crippen LogP contribution is 1.89. The quantitative estimate of drug-likeness (QED) is 0.479. The van der Waals surface area contributed by atoms with E-state index >= 15 is 0 Å². The van der Waals surface area contributed by atoms with Crippen molar-refractivity contribution < 1.29 is 10.4 Å². The first-order valence-electron chi connectivity index (χ1n) is 3.62. The van der Waals surface area contributed by atoms with Gasteiger partial charge >= 0.3 is 0 Å². The zero-order chi connectivity index (χ0) is 7.82. The molecule has 62 valence electrons. The van der Waals surface area contributed by atoms with Gasteiger partial charge < -0.3 is 10.4 Å². The molecule has 4 nitrogen and oxygen atoms in total. The van der Waals surface area contributed by atoms with Crippen molar-refractivity contribution >= 4 is 0 Å². The first-order chi connectivity index (χ1) is 4.81. The molecular formula is C6H16N2O2. The molecule has 0 saturated heterocycles. The molecule has 0 aliphatic rings. The van der Waals surface area contributed by atoms with E-state index < -0.39 is 0 Å². The van der Waals surface area contributed by atoms with E-state index in [1.54, 1.807) is 0 Å². The molecule has 0 aromatic rings. The van der Waals surface area contributed by atoms with E-state index in [1.807, 2.05) is 5.48 Å². The number of hydroxylamine groups is 3. The maximum Gasteiger partial charge on any atom is 0.0386 e. The third-order valence-corrected chi connectivity index (χ3v) is 1.25. The highest BCUT2D eigenvalue weighted by atomic mass is 16.5. The fraction of sp³-hybridized carbons (Fsp3) is 1.00. The van der Waals surface area contributed by atoms with E-state index in [0.717, 1.165) is 12.8 Å². The molecule has 10 heavy (non-hydrogen) atoms. The number of rotatable bonds is 6. The van der Waals surface area contributed by atoms with E-state index in [9.17, 15) is 0 Å². The second-order valence-electron chi connectivity index (χ2n) is 2.22. The second-order valence-corrected chi connectivity index (χ2v) is 2.22. The van der Waals surface area contributed by atoms with E-state index in [2.05, 4.69) is 6.92 Å². The molecule has 4 heteroatoms. The molecule has 0 aliphatic carbocycles. The Morgan fingerprint density at radius 3 is 2.60 bits per heavy atom. The van der Waals surface area contributed by atoms with Gasteiger partial charge in [-0.15, -0.1) is 0 Å². The Morgan fingerprint density at radius 1 is 1.40 bits per heavy atom. The van der Waals surface area contributed by atoms with Crippen LogP contribution in [0.4, 0.5) is 0 Å². The molecule has 0 amide bonds. The van der Waals surface area contributed by atoms with E-state index in [1.165, 1.54) is 5.06 Å². The summed E-state index contributed by atoms with van der Waals surface area (Å²) in [6, 6.07) is 0. The number of nitrogens with zero attached hydrogens (tertiary/aromatic N) is 1. The molecule has 0 aromatic carbocycles. The van der Waals surface area contributed by atoms with Crippen molar-refractivity contribution in [2.45, 2.75) is 19.8 Å². The van der Waals surface area contributed by atoms with Crippen LogP contribution in [0.1, 0.15) is 19.8 Å². The summed E-state index contributed by atoms with van der Waals surface area (Å²) in [6.45, 7) is 3.62. The average molecular weight is 148 g/mol. The smallest absolute Gasteiger partial charge is 0.0386 e. The Morgan fingerprint density at radius 2 is 2.10 bits per heavy atom. The summed E-state index contributed by atoms with van der Waals surface area (Å²) in [5.74, 6) is 0. The molecule has 0 radical (unpaired) electrons. The van der Waals surface area contributed by atoms with Crippen molar-refractivity contribution in [1.29, 1.82) is 0 Å². The Bertz CT molecular complexity index is 62.8. The highest BCUT2D eigenvalue weighted by molar-refractivity contribution is 4.45. The maximum atomic E-state index is 8.99. The van der Waals surface area contributed by atoms with Crippen LogP contribution in [-0.4, -0.2) is 35.1 Å². The number of hydrogen-bond donors (Lipinski definition) is 3. The van der Waals surface area contributed by atoms with Gasteiger partial charge in [0, 0.05) is 19.6 Å². The van der Waals surface area contributed by atoms with Gasteiger partial charge in [-0.25, -0.2) is 5.48 Å². The Hall–Kier alpha value is -0.160. The molecule has 0 bridgehead atoms. The van der Waals surface area contributed by atoms with E-state index in [4.69, 9.17) is 10.4 Å². The van der Waals surface area contributed by atoms with Gasteiger partial charge in [0.25, 0.3) is 0 Å². The van der Waals surface area contributed by atoms with Gasteiger partial charge in [-0.05, 0) is 6.42 Å². The largest absolute Gasteiger partial charge is 0.317 e. The van der Waals surface area contributed by atoms with Crippen LogP contribution in [0.25, 0.3) is 0 Å². The van der Waals surface area contributed by atoms with Crippen LogP contribution in [0.2, 0.25) is 0 Å². The van der Waals surface area contributed by atoms with Gasteiger partial charge in [-0.3, -0.25) is 0 Å². The minimum absolute atomic E-state index is 0.403. The zero-order valence-corrected chi connectivity index (χ0v) is 6.38. The normalized spacial score (nSPS) is 10.8. The monoisotopic (exact) mass is 148 g/mol. The van der Waals surface area contributed by atoms with E-state index in [0.29, 0.717) is 19.6 Å². The van der Waals surface area contributed by atoms with E-state index in [-0.39, 0.29) is 0 Å². The molecule has 0 aromatic heterocycles. The minimum Gasteiger partial charge on any atom is -0.317 e. The molecular weight excluding hydrogens is 132 g/mol. The molecule has 0 fully saturated rings. The maximum absolute atomic E-state index is 8.99. The molecule has 0 unspecified atom stereocenters. The van der Waals surface area contributed by atoms with Gasteiger partial charge in [0.15, 0.2) is 0 Å². The van der Waals surface area contributed by atoms with Gasteiger partial charge in [0.2, 0.25) is 0 Å². The lowest BCUT2D eigenvalue weighted by Gasteiger charge is -2.12. The van der Waals surface area contributed by atoms with Crippen molar-refractivity contribution in [2.24, 2.45) is 0 Å². The third-order valence-electron chi connectivity index (χ3n) is 1.25. The summed E-state index contributed by atoms with van der Waals surface area (Å²) in [6.07, 6.45) is 2.06. The van der Waals surface area contributed by atoms with Crippen molar-refractivity contribution in [3.05, 3.63) is 0 Å². The Kier molecular flexibility index (Phi) is 6.84. The highest BCUT2D eigenvalue weighted by Gasteiger charge is 1.96. The molecule has 0 spiro atoms. The van der Waals surface area contributed by atoms with Crippen LogP contribution in [0, 0.1) is 0 Å². The molecule has 0 heterocycles. The van der Waals surface area contributed by atoms with Gasteiger partial charge in [0.05, 0.1) is 0 Å². The Labute approximate surface area is 61.4 Å². The molecule has 0 atom stereocenters. The summed E-state index contributed by atoms with van der Waals surface area (Å²) in [7, 11) is 0. The third kappa shape index (κ3) is 5.97. The standard InChI is InChI=1S/C6H16N2O2/c1-2-3-5-8(10)6-4-7-9/h7,9-10H,2-6H2,1H3. The molecule has 0 rings (SSSR count). The van der Waals surface area contributed by atoms with Crippen LogP contribution in [0.3, 0.4) is 0 Å². The minimum atomic E-state index is 0.403. The van der Waals surface area contributed by atoms with Crippen LogP contribution >= 0.6 is 0 Å². The first-order valence-corrected chi connectivity index (χ1v) is 3.62. The number of nitrogens with one attached hydrogen (secondary N) is 1. The SMILES string of the molecule is CCCCN(O)CCNO. The molecule has 0 aliphatic heterocycles. The first kappa shape index (κ1) is 9.84. The van der Waals surface area contributed by atoms with Crippen molar-refractivity contribution in [3.63, 3.8) is 0 Å². The van der Waals surface area contributed by atoms with Crippen LogP contribution in [-0.2, 0) is 0 Å². The lowest BCUT2D eigenvalue weighted by atomic mass is 10.3. The number of hydrogen-bond acceptors (Lipinski definition) is 4. The van der Waals surface area contributed by atoms with Crippen molar-refractivity contribution in [3.8, 4) is 0 Å². The van der Waals surface area contributed by atoms with Crippen LogP contribution in [0.15, 0.2) is 0 Å². The topological polar surface area (TPSA) is 55.7 Å². The summed E-state index contributed by atoms with van der Waals surface area (Å²) in [5, 5.41) is 18.3. The number of unbranched alkanes of at least 4 members (excludes halogenated alkanes) is 1. The molecule has 3 N–H and O–H groups in total. The summed E-state index contributed by atoms with van der Waals surface area (Å²) in [5.41, 5.74) is 1.97. The summed E-state index contributed by atoms with van der Waals surface area (Å²) < 4.78 is 0. The fourth-order valence-electron chi connectivity index (χ4n) is 0.631. The van der Waals surface area contributed by atoms with Crippen molar-refractivity contribution in [2.75, 3.05) is 19.6 Å². The fourth-order valence-corrected chi connectivity index (χ4v) is 0.631. The Balaban J connectivity index is 3.00. The predicted octanol–water partition coefficient (Wildman–Crippen LogP) is 0.457. The average Bonchev–Trinajstić information content (AvgIpc) is 1.97. The van der Waals surface area contributed by atoms with Crippen LogP contribution in [0.5, 0.6) is 0 Å². The second kappa shape index (κ2) is 6.95. The van der Waals surface area contributed by atoms with Gasteiger partial charge in [0.1, 0.15) is 0 Å². The van der Waals surface area contributed by atoms with Crippen LogP contribution < -0.4 is 5.48 Å². The predicted molar refractivity (Wildman–Crippen MR) is 38.1 cm³/mol.